The zero-order valence-corrected chi connectivity index (χ0v) is 9.71. The van der Waals surface area contributed by atoms with Crippen LogP contribution in [0.5, 0.6) is 0 Å². The minimum absolute atomic E-state index is 0.111. The van der Waals surface area contributed by atoms with Crippen LogP contribution < -0.4 is 5.32 Å². The number of hydrogen-bond donors (Lipinski definition) is 1. The minimum atomic E-state index is -0.147. The summed E-state index contributed by atoms with van der Waals surface area (Å²) in [7, 11) is 0. The van der Waals surface area contributed by atoms with Crippen LogP contribution in [0.2, 0.25) is 0 Å². The molecule has 17 heavy (non-hydrogen) atoms. The predicted octanol–water partition coefficient (Wildman–Crippen LogP) is 0.929. The van der Waals surface area contributed by atoms with Crippen molar-refractivity contribution in [3.63, 3.8) is 0 Å². The smallest absolute Gasteiger partial charge is 0.246 e. The van der Waals surface area contributed by atoms with Gasteiger partial charge in [-0.2, -0.15) is 0 Å². The first-order chi connectivity index (χ1) is 8.15. The van der Waals surface area contributed by atoms with E-state index >= 15 is 0 Å². The number of amides is 1. The summed E-state index contributed by atoms with van der Waals surface area (Å²) in [4.78, 5) is 11.7. The molecule has 0 spiro atoms. The summed E-state index contributed by atoms with van der Waals surface area (Å²) >= 11 is 0. The lowest BCUT2D eigenvalue weighted by atomic mass is 10.1. The molecule has 1 amide bonds. The van der Waals surface area contributed by atoms with Gasteiger partial charge in [0.1, 0.15) is 12.9 Å². The van der Waals surface area contributed by atoms with Gasteiger partial charge < -0.3 is 5.32 Å². The van der Waals surface area contributed by atoms with Gasteiger partial charge in [0.15, 0.2) is 0 Å². The summed E-state index contributed by atoms with van der Waals surface area (Å²) in [6.45, 7) is 4.04. The molecule has 0 aliphatic carbocycles. The summed E-state index contributed by atoms with van der Waals surface area (Å²) in [6.07, 6.45) is 1.41. The van der Waals surface area contributed by atoms with Gasteiger partial charge in [0.2, 0.25) is 5.91 Å². The third kappa shape index (κ3) is 2.87. The van der Waals surface area contributed by atoms with Gasteiger partial charge >= 0.3 is 0 Å². The first-order valence-corrected chi connectivity index (χ1v) is 5.23. The number of tetrazole rings is 1. The van der Waals surface area contributed by atoms with Crippen molar-refractivity contribution in [3.05, 3.63) is 35.7 Å². The van der Waals surface area contributed by atoms with Crippen molar-refractivity contribution in [2.24, 2.45) is 0 Å². The fourth-order valence-electron chi connectivity index (χ4n) is 1.46. The topological polar surface area (TPSA) is 72.7 Å². The summed E-state index contributed by atoms with van der Waals surface area (Å²) in [5.74, 6) is -0.147. The molecule has 0 aliphatic heterocycles. The number of nitrogens with one attached hydrogen (secondary N) is 1. The zero-order valence-electron chi connectivity index (χ0n) is 9.71. The second-order valence-corrected chi connectivity index (χ2v) is 3.87. The molecule has 1 aromatic heterocycles. The zero-order chi connectivity index (χ0) is 12.3. The van der Waals surface area contributed by atoms with Crippen molar-refractivity contribution in [1.29, 1.82) is 0 Å². The second kappa shape index (κ2) is 4.73. The molecule has 0 bridgehead atoms. The summed E-state index contributed by atoms with van der Waals surface area (Å²) in [5, 5.41) is 13.4. The molecule has 0 radical (unpaired) electrons. The highest BCUT2D eigenvalue weighted by Crippen LogP contribution is 2.16. The predicted molar refractivity (Wildman–Crippen MR) is 62.4 cm³/mol. The number of carbonyl (C=O) groups is 1. The molecule has 6 nitrogen and oxygen atoms in total. The molecular weight excluding hydrogens is 218 g/mol. The van der Waals surface area contributed by atoms with E-state index in [1.54, 1.807) is 0 Å². The minimum Gasteiger partial charge on any atom is -0.324 e. The van der Waals surface area contributed by atoms with Crippen molar-refractivity contribution in [3.8, 4) is 0 Å². The van der Waals surface area contributed by atoms with Crippen LogP contribution >= 0.6 is 0 Å². The van der Waals surface area contributed by atoms with Crippen LogP contribution in [-0.2, 0) is 11.3 Å². The lowest BCUT2D eigenvalue weighted by molar-refractivity contribution is -0.116. The Bertz CT molecular complexity index is 521. The number of carbonyl (C=O) groups excluding carboxylic acids is 1. The van der Waals surface area contributed by atoms with E-state index in [4.69, 9.17) is 0 Å². The molecule has 1 N–H and O–H groups in total. The van der Waals surface area contributed by atoms with Gasteiger partial charge in [-0.3, -0.25) is 4.79 Å². The van der Waals surface area contributed by atoms with Gasteiger partial charge in [0.25, 0.3) is 0 Å². The Hall–Kier alpha value is -2.24. The summed E-state index contributed by atoms with van der Waals surface area (Å²) in [6, 6.07) is 5.92. The number of rotatable bonds is 3. The van der Waals surface area contributed by atoms with E-state index in [9.17, 15) is 4.79 Å². The molecule has 0 aliphatic rings. The van der Waals surface area contributed by atoms with Crippen LogP contribution in [0.3, 0.4) is 0 Å². The van der Waals surface area contributed by atoms with E-state index in [-0.39, 0.29) is 12.5 Å². The summed E-state index contributed by atoms with van der Waals surface area (Å²) < 4.78 is 1.38. The Labute approximate surface area is 98.6 Å². The van der Waals surface area contributed by atoms with Crippen LogP contribution in [-0.4, -0.2) is 26.1 Å². The van der Waals surface area contributed by atoms with Crippen molar-refractivity contribution in [2.45, 2.75) is 20.4 Å². The fourth-order valence-corrected chi connectivity index (χ4v) is 1.46. The van der Waals surface area contributed by atoms with Gasteiger partial charge in [-0.15, -0.1) is 5.10 Å². The van der Waals surface area contributed by atoms with Crippen LogP contribution in [0, 0.1) is 13.8 Å². The van der Waals surface area contributed by atoms with Crippen LogP contribution in [0.1, 0.15) is 11.1 Å². The van der Waals surface area contributed by atoms with Crippen LogP contribution in [0.4, 0.5) is 5.69 Å². The molecule has 0 unspecified atom stereocenters. The lowest BCUT2D eigenvalue weighted by Crippen LogP contribution is -2.19. The summed E-state index contributed by atoms with van der Waals surface area (Å²) in [5.41, 5.74) is 2.96. The maximum Gasteiger partial charge on any atom is 0.246 e. The van der Waals surface area contributed by atoms with E-state index in [2.05, 4.69) is 20.8 Å². The number of nitrogens with zero attached hydrogens (tertiary/aromatic N) is 4. The lowest BCUT2D eigenvalue weighted by Gasteiger charge is -2.08. The standard InChI is InChI=1S/C11H13N5O/c1-8-3-4-9(2)10(5-8)13-11(17)6-16-7-12-14-15-16/h3-5,7H,6H2,1-2H3,(H,13,17). The third-order valence-electron chi connectivity index (χ3n) is 2.36. The highest BCUT2D eigenvalue weighted by atomic mass is 16.2. The quantitative estimate of drug-likeness (QED) is 0.852. The maximum absolute atomic E-state index is 11.7. The van der Waals surface area contributed by atoms with Crippen molar-refractivity contribution in [2.75, 3.05) is 5.32 Å². The van der Waals surface area contributed by atoms with Crippen molar-refractivity contribution < 1.29 is 4.79 Å². The first kappa shape index (κ1) is 11.3. The van der Waals surface area contributed by atoms with E-state index in [1.807, 2.05) is 32.0 Å². The molecule has 88 valence electrons. The number of aryl methyl sites for hydroxylation is 2. The molecule has 6 heteroatoms. The molecule has 0 saturated carbocycles. The number of benzene rings is 1. The number of anilines is 1. The van der Waals surface area contributed by atoms with E-state index in [0.29, 0.717) is 0 Å². The van der Waals surface area contributed by atoms with Crippen LogP contribution in [0.25, 0.3) is 0 Å². The number of aromatic nitrogens is 4. The number of hydrogen-bond acceptors (Lipinski definition) is 4. The van der Waals surface area contributed by atoms with Gasteiger partial charge in [-0.25, -0.2) is 4.68 Å². The molecule has 0 saturated heterocycles. The Morgan fingerprint density at radius 2 is 2.24 bits per heavy atom. The Morgan fingerprint density at radius 3 is 2.94 bits per heavy atom. The van der Waals surface area contributed by atoms with Gasteiger partial charge in [0, 0.05) is 5.69 Å². The van der Waals surface area contributed by atoms with Gasteiger partial charge in [-0.1, -0.05) is 12.1 Å². The SMILES string of the molecule is Cc1ccc(C)c(NC(=O)Cn2cnnn2)c1. The monoisotopic (exact) mass is 231 g/mol. The highest BCUT2D eigenvalue weighted by Gasteiger charge is 2.06. The van der Waals surface area contributed by atoms with Gasteiger partial charge in [-0.05, 0) is 41.5 Å². The van der Waals surface area contributed by atoms with Gasteiger partial charge in [0.05, 0.1) is 0 Å². The molecule has 0 fully saturated rings. The van der Waals surface area contributed by atoms with E-state index < -0.39 is 0 Å². The fraction of sp³-hybridized carbons (Fsp3) is 0.273. The average molecular weight is 231 g/mol. The normalized spacial score (nSPS) is 10.2. The maximum atomic E-state index is 11.7. The Morgan fingerprint density at radius 1 is 1.41 bits per heavy atom. The average Bonchev–Trinajstić information content (AvgIpc) is 2.76. The third-order valence-corrected chi connectivity index (χ3v) is 2.36. The highest BCUT2D eigenvalue weighted by molar-refractivity contribution is 5.91. The molecular formula is C11H13N5O. The molecule has 1 heterocycles. The van der Waals surface area contributed by atoms with E-state index in [0.717, 1.165) is 16.8 Å². The van der Waals surface area contributed by atoms with Crippen LogP contribution in [0.15, 0.2) is 24.5 Å². The Kier molecular flexibility index (Phi) is 3.13. The molecule has 1 aromatic carbocycles. The van der Waals surface area contributed by atoms with Crippen molar-refractivity contribution >= 4 is 11.6 Å². The molecule has 2 rings (SSSR count). The van der Waals surface area contributed by atoms with Crippen molar-refractivity contribution in [1.82, 2.24) is 20.2 Å². The molecule has 0 atom stereocenters. The first-order valence-electron chi connectivity index (χ1n) is 5.23. The second-order valence-electron chi connectivity index (χ2n) is 3.87. The molecule has 2 aromatic rings. The largest absolute Gasteiger partial charge is 0.324 e. The Balaban J connectivity index is 2.05. The van der Waals surface area contributed by atoms with E-state index in [1.165, 1.54) is 11.0 Å².